The molecule has 3 amide bonds. The summed E-state index contributed by atoms with van der Waals surface area (Å²) in [6, 6.07) is 9.28. The molecule has 0 bridgehead atoms. The van der Waals surface area contributed by atoms with Gasteiger partial charge < -0.3 is 24.5 Å². The lowest BCUT2D eigenvalue weighted by molar-refractivity contribution is -0.140. The third-order valence-corrected chi connectivity index (χ3v) is 7.00. The van der Waals surface area contributed by atoms with Crippen molar-refractivity contribution >= 4 is 40.3 Å². The van der Waals surface area contributed by atoms with Crippen LogP contribution in [-0.4, -0.2) is 70.7 Å². The Hall–Kier alpha value is -4.41. The predicted octanol–water partition coefficient (Wildman–Crippen LogP) is 2.63. The topological polar surface area (TPSA) is 140 Å². The summed E-state index contributed by atoms with van der Waals surface area (Å²) in [4.78, 5) is 61.3. The summed E-state index contributed by atoms with van der Waals surface area (Å²) in [6.07, 6.45) is 5.32. The van der Waals surface area contributed by atoms with Crippen LogP contribution in [0.2, 0.25) is 0 Å². The normalized spacial score (nSPS) is 18.3. The highest BCUT2D eigenvalue weighted by Gasteiger charge is 2.30. The molecule has 4 heterocycles. The number of likely N-dealkylation sites (tertiary alicyclic amines) is 2. The number of pyridine rings is 1. The summed E-state index contributed by atoms with van der Waals surface area (Å²) in [5.74, 6) is 0.0872. The highest BCUT2D eigenvalue weighted by molar-refractivity contribution is 6.10. The molecule has 204 valence electrons. The summed E-state index contributed by atoms with van der Waals surface area (Å²) >= 11 is 0. The number of aromatic nitrogens is 1. The van der Waals surface area contributed by atoms with Crippen LogP contribution in [0.15, 0.2) is 56.8 Å². The number of aliphatic imine (C=N–C) groups is 1. The smallest absolute Gasteiger partial charge is 0.259 e. The van der Waals surface area contributed by atoms with Crippen LogP contribution in [0, 0.1) is 6.92 Å². The molecule has 2 fully saturated rings. The van der Waals surface area contributed by atoms with Gasteiger partial charge in [-0.15, -0.1) is 0 Å². The van der Waals surface area contributed by atoms with Gasteiger partial charge in [0.2, 0.25) is 23.3 Å². The Bertz CT molecular complexity index is 1450. The summed E-state index contributed by atoms with van der Waals surface area (Å²) in [7, 11) is 0. The first-order valence-corrected chi connectivity index (χ1v) is 13.3. The Morgan fingerprint density at radius 1 is 1.05 bits per heavy atom. The van der Waals surface area contributed by atoms with Gasteiger partial charge in [-0.05, 0) is 69.4 Å². The van der Waals surface area contributed by atoms with E-state index in [9.17, 15) is 19.2 Å². The van der Waals surface area contributed by atoms with Crippen molar-refractivity contribution in [2.45, 2.75) is 45.1 Å². The number of amides is 3. The van der Waals surface area contributed by atoms with E-state index in [-0.39, 0.29) is 35.4 Å². The number of anilines is 1. The van der Waals surface area contributed by atoms with E-state index in [2.05, 4.69) is 20.6 Å². The van der Waals surface area contributed by atoms with Crippen LogP contribution < -0.4 is 16.2 Å². The maximum atomic E-state index is 13.5. The molecule has 5 rings (SSSR count). The molecule has 2 aliphatic heterocycles. The lowest BCUT2D eigenvalue weighted by Crippen LogP contribution is -2.45. The first kappa shape index (κ1) is 26.2. The fourth-order valence-electron chi connectivity index (χ4n) is 4.97. The molecule has 0 radical (unpaired) electrons. The van der Waals surface area contributed by atoms with E-state index in [1.165, 1.54) is 18.3 Å². The van der Waals surface area contributed by atoms with Gasteiger partial charge in [0, 0.05) is 43.0 Å². The van der Waals surface area contributed by atoms with Crippen molar-refractivity contribution in [2.24, 2.45) is 4.99 Å². The van der Waals surface area contributed by atoms with E-state index in [1.807, 2.05) is 30.0 Å². The van der Waals surface area contributed by atoms with Crippen molar-refractivity contribution in [2.75, 3.05) is 31.5 Å². The van der Waals surface area contributed by atoms with E-state index < -0.39 is 11.9 Å². The van der Waals surface area contributed by atoms with Crippen molar-refractivity contribution in [3.8, 4) is 0 Å². The second kappa shape index (κ2) is 11.5. The molecule has 3 aromatic rings. The van der Waals surface area contributed by atoms with E-state index in [4.69, 9.17) is 4.42 Å². The molecular formula is C28H32N6O5. The Kier molecular flexibility index (Phi) is 7.76. The van der Waals surface area contributed by atoms with Crippen LogP contribution >= 0.6 is 0 Å². The molecule has 11 nitrogen and oxygen atoms in total. The van der Waals surface area contributed by atoms with Crippen molar-refractivity contribution in [1.82, 2.24) is 20.1 Å². The van der Waals surface area contributed by atoms with Crippen LogP contribution in [0.4, 0.5) is 5.69 Å². The van der Waals surface area contributed by atoms with Gasteiger partial charge in [-0.25, -0.2) is 4.99 Å². The minimum Gasteiger partial charge on any atom is -0.461 e. The van der Waals surface area contributed by atoms with Crippen molar-refractivity contribution in [1.29, 1.82) is 0 Å². The van der Waals surface area contributed by atoms with Gasteiger partial charge in [-0.3, -0.25) is 24.5 Å². The van der Waals surface area contributed by atoms with Crippen LogP contribution in [0.1, 0.15) is 48.2 Å². The molecule has 2 aliphatic rings. The number of nitrogens with one attached hydrogen (secondary N) is 3. The number of furan rings is 1. The zero-order valence-corrected chi connectivity index (χ0v) is 21.9. The summed E-state index contributed by atoms with van der Waals surface area (Å²) in [6.45, 7) is 3.85. The minimum atomic E-state index is -0.767. The van der Waals surface area contributed by atoms with Crippen LogP contribution in [0.3, 0.4) is 0 Å². The summed E-state index contributed by atoms with van der Waals surface area (Å²) in [5.41, 5.74) is 1.28. The first-order chi connectivity index (χ1) is 18.9. The van der Waals surface area contributed by atoms with Crippen LogP contribution in [-0.2, 0) is 9.59 Å². The molecular weight excluding hydrogens is 500 g/mol. The van der Waals surface area contributed by atoms with Crippen molar-refractivity contribution < 1.29 is 18.8 Å². The number of aromatic amines is 1. The summed E-state index contributed by atoms with van der Waals surface area (Å²) in [5, 5.41) is 6.77. The fourth-order valence-corrected chi connectivity index (χ4v) is 4.97. The lowest BCUT2D eigenvalue weighted by atomic mass is 10.1. The third-order valence-electron chi connectivity index (χ3n) is 7.00. The van der Waals surface area contributed by atoms with Gasteiger partial charge in [0.1, 0.15) is 17.4 Å². The van der Waals surface area contributed by atoms with Gasteiger partial charge in [0.25, 0.3) is 5.91 Å². The number of nitrogens with zero attached hydrogens (tertiary/aromatic N) is 3. The SMILES string of the molecule is Cc1cc2cc(NC(=NC3CCCCN(CC(=O)N4CCCC4)C3=O)NC(=O)c3ccc(=O)[nH]c3)ccc2o1. The van der Waals surface area contributed by atoms with Crippen LogP contribution in [0.25, 0.3) is 11.0 Å². The predicted molar refractivity (Wildman–Crippen MR) is 147 cm³/mol. The maximum Gasteiger partial charge on any atom is 0.259 e. The largest absolute Gasteiger partial charge is 0.461 e. The number of H-pyrrole nitrogens is 1. The molecule has 1 aromatic carbocycles. The molecule has 1 atom stereocenters. The number of fused-ring (bicyclic) bond motifs is 1. The van der Waals surface area contributed by atoms with E-state index >= 15 is 0 Å². The number of rotatable bonds is 5. The number of carbonyl (C=O) groups excluding carboxylic acids is 3. The molecule has 3 N–H and O–H groups in total. The van der Waals surface area contributed by atoms with E-state index in [0.717, 1.165) is 55.5 Å². The minimum absolute atomic E-state index is 0.0356. The fraction of sp³-hybridized carbons (Fsp3) is 0.393. The molecule has 0 spiro atoms. The Labute approximate surface area is 225 Å². The molecule has 39 heavy (non-hydrogen) atoms. The average Bonchev–Trinajstić information content (AvgIpc) is 3.55. The average molecular weight is 533 g/mol. The number of benzene rings is 1. The first-order valence-electron chi connectivity index (χ1n) is 13.3. The van der Waals surface area contributed by atoms with E-state index in [0.29, 0.717) is 18.7 Å². The number of guanidine groups is 1. The van der Waals surface area contributed by atoms with Gasteiger partial charge in [-0.1, -0.05) is 0 Å². The van der Waals surface area contributed by atoms with Gasteiger partial charge in [-0.2, -0.15) is 0 Å². The highest BCUT2D eigenvalue weighted by atomic mass is 16.3. The Balaban J connectivity index is 1.40. The van der Waals surface area contributed by atoms with Crippen molar-refractivity contribution in [3.05, 3.63) is 64.3 Å². The van der Waals surface area contributed by atoms with Gasteiger partial charge in [0.05, 0.1) is 12.1 Å². The number of hydrogen-bond donors (Lipinski definition) is 3. The molecule has 2 aromatic heterocycles. The molecule has 2 saturated heterocycles. The number of carbonyl (C=O) groups is 3. The second-order valence-electron chi connectivity index (χ2n) is 9.97. The Morgan fingerprint density at radius 2 is 1.85 bits per heavy atom. The van der Waals surface area contributed by atoms with Gasteiger partial charge >= 0.3 is 0 Å². The molecule has 0 saturated carbocycles. The second-order valence-corrected chi connectivity index (χ2v) is 9.97. The van der Waals surface area contributed by atoms with E-state index in [1.54, 1.807) is 11.0 Å². The summed E-state index contributed by atoms with van der Waals surface area (Å²) < 4.78 is 5.65. The maximum absolute atomic E-state index is 13.5. The molecule has 1 unspecified atom stereocenters. The lowest BCUT2D eigenvalue weighted by Gasteiger charge is -2.25. The highest BCUT2D eigenvalue weighted by Crippen LogP contribution is 2.23. The zero-order chi connectivity index (χ0) is 27.4. The van der Waals surface area contributed by atoms with Crippen LogP contribution in [0.5, 0.6) is 0 Å². The monoisotopic (exact) mass is 532 g/mol. The molecule has 11 heteroatoms. The quantitative estimate of drug-likeness (QED) is 0.341. The number of aryl methyl sites for hydroxylation is 1. The number of hydrogen-bond acceptors (Lipinski definition) is 6. The zero-order valence-electron chi connectivity index (χ0n) is 21.9. The van der Waals surface area contributed by atoms with Gasteiger partial charge in [0.15, 0.2) is 0 Å². The standard InChI is InChI=1S/C28H32N6O5/c1-18-14-20-15-21(8-9-23(20)39-18)30-28(32-26(37)19-7-10-24(35)29-16-19)31-22-6-2-3-13-34(27(22)38)17-25(36)33-11-4-5-12-33/h7-10,14-16,22H,2-6,11-13,17H2,1H3,(H,29,35)(H2,30,31,32,37). The molecule has 0 aliphatic carbocycles. The third kappa shape index (κ3) is 6.36. The van der Waals surface area contributed by atoms with Crippen molar-refractivity contribution in [3.63, 3.8) is 0 Å². The Morgan fingerprint density at radius 3 is 2.62 bits per heavy atom.